The summed E-state index contributed by atoms with van der Waals surface area (Å²) in [6.45, 7) is 1.07. The first-order valence-electron chi connectivity index (χ1n) is 6.16. The van der Waals surface area contributed by atoms with E-state index in [1.807, 2.05) is 17.8 Å². The van der Waals surface area contributed by atoms with E-state index < -0.39 is 0 Å². The number of nitrogens with one attached hydrogen (secondary N) is 1. The zero-order chi connectivity index (χ0) is 12.6. The van der Waals surface area contributed by atoms with Crippen molar-refractivity contribution >= 4 is 11.3 Å². The molecule has 0 saturated heterocycles. The lowest BCUT2D eigenvalue weighted by Gasteiger charge is -2.18. The van der Waals surface area contributed by atoms with Gasteiger partial charge in [-0.15, -0.1) is 11.3 Å². The molecule has 1 aromatic heterocycles. The van der Waals surface area contributed by atoms with Crippen molar-refractivity contribution in [2.45, 2.75) is 25.4 Å². The van der Waals surface area contributed by atoms with Gasteiger partial charge in [0.05, 0.1) is 5.51 Å². The quantitative estimate of drug-likeness (QED) is 0.806. The number of hydrogen-bond acceptors (Lipinski definition) is 4. The van der Waals surface area contributed by atoms with Gasteiger partial charge >= 0.3 is 0 Å². The van der Waals surface area contributed by atoms with Gasteiger partial charge in [-0.2, -0.15) is 0 Å². The summed E-state index contributed by atoms with van der Waals surface area (Å²) in [4.78, 5) is 5.31. The zero-order valence-electron chi connectivity index (χ0n) is 10.2. The van der Waals surface area contributed by atoms with E-state index in [1.165, 1.54) is 10.4 Å². The molecule has 0 amide bonds. The molecule has 0 aliphatic rings. The van der Waals surface area contributed by atoms with Gasteiger partial charge in [0.25, 0.3) is 0 Å². The first-order chi connectivity index (χ1) is 8.90. The standard InChI is InChI=1S/C14H18N2OS/c17-8-4-7-14(12-5-2-1-3-6-12)16-10-13-9-15-11-18-13/h1-3,5-6,9,11,14,16-17H,4,7-8,10H2. The van der Waals surface area contributed by atoms with Crippen molar-refractivity contribution in [1.29, 1.82) is 0 Å². The van der Waals surface area contributed by atoms with Gasteiger partial charge in [-0.25, -0.2) is 0 Å². The molecule has 96 valence electrons. The van der Waals surface area contributed by atoms with Crippen LogP contribution in [0.2, 0.25) is 0 Å². The fourth-order valence-electron chi connectivity index (χ4n) is 1.92. The molecule has 2 aromatic rings. The Bertz CT molecular complexity index is 430. The number of rotatable bonds is 7. The first kappa shape index (κ1) is 13.2. The fraction of sp³-hybridized carbons (Fsp3) is 0.357. The molecule has 0 bridgehead atoms. The maximum absolute atomic E-state index is 8.98. The van der Waals surface area contributed by atoms with Gasteiger partial charge in [0.1, 0.15) is 0 Å². The highest BCUT2D eigenvalue weighted by Crippen LogP contribution is 2.19. The molecule has 1 unspecified atom stereocenters. The van der Waals surface area contributed by atoms with Crippen molar-refractivity contribution in [3.63, 3.8) is 0 Å². The largest absolute Gasteiger partial charge is 0.396 e. The minimum atomic E-state index is 0.242. The SMILES string of the molecule is OCCCC(NCc1cncs1)c1ccccc1. The molecule has 0 aliphatic heterocycles. The summed E-state index contributed by atoms with van der Waals surface area (Å²) in [5.74, 6) is 0. The molecule has 18 heavy (non-hydrogen) atoms. The van der Waals surface area contributed by atoms with Crippen molar-refractivity contribution in [1.82, 2.24) is 10.3 Å². The molecule has 4 heteroatoms. The lowest BCUT2D eigenvalue weighted by molar-refractivity contribution is 0.275. The number of aliphatic hydroxyl groups is 1. The van der Waals surface area contributed by atoms with Crippen LogP contribution in [0.15, 0.2) is 42.0 Å². The third-order valence-corrected chi connectivity index (χ3v) is 3.64. The summed E-state index contributed by atoms with van der Waals surface area (Å²) in [7, 11) is 0. The van der Waals surface area contributed by atoms with Crippen LogP contribution in [0.4, 0.5) is 0 Å². The van der Waals surface area contributed by atoms with Crippen molar-refractivity contribution in [3.05, 3.63) is 52.5 Å². The number of thiazole rings is 1. The summed E-state index contributed by atoms with van der Waals surface area (Å²) >= 11 is 1.66. The molecule has 0 aliphatic carbocycles. The monoisotopic (exact) mass is 262 g/mol. The molecule has 1 heterocycles. The van der Waals surface area contributed by atoms with Crippen LogP contribution in [0.25, 0.3) is 0 Å². The van der Waals surface area contributed by atoms with Gasteiger partial charge < -0.3 is 10.4 Å². The van der Waals surface area contributed by atoms with Crippen LogP contribution in [0.5, 0.6) is 0 Å². The maximum atomic E-state index is 8.98. The third kappa shape index (κ3) is 3.91. The zero-order valence-corrected chi connectivity index (χ0v) is 11.1. The van der Waals surface area contributed by atoms with Crippen LogP contribution in [0.1, 0.15) is 29.3 Å². The molecule has 0 radical (unpaired) electrons. The lowest BCUT2D eigenvalue weighted by atomic mass is 10.0. The van der Waals surface area contributed by atoms with Crippen LogP contribution in [0, 0.1) is 0 Å². The van der Waals surface area contributed by atoms with E-state index in [2.05, 4.69) is 34.6 Å². The van der Waals surface area contributed by atoms with E-state index in [9.17, 15) is 0 Å². The van der Waals surface area contributed by atoms with E-state index in [1.54, 1.807) is 11.3 Å². The minimum Gasteiger partial charge on any atom is -0.396 e. The number of aliphatic hydroxyl groups excluding tert-OH is 1. The van der Waals surface area contributed by atoms with E-state index in [4.69, 9.17) is 5.11 Å². The average molecular weight is 262 g/mol. The molecule has 3 nitrogen and oxygen atoms in total. The lowest BCUT2D eigenvalue weighted by Crippen LogP contribution is -2.20. The van der Waals surface area contributed by atoms with Crippen molar-refractivity contribution in [3.8, 4) is 0 Å². The van der Waals surface area contributed by atoms with Gasteiger partial charge in [0.2, 0.25) is 0 Å². The van der Waals surface area contributed by atoms with Gasteiger partial charge in [0, 0.05) is 30.3 Å². The molecule has 2 N–H and O–H groups in total. The summed E-state index contributed by atoms with van der Waals surface area (Å²) in [5.41, 5.74) is 3.12. The summed E-state index contributed by atoms with van der Waals surface area (Å²) in [6, 6.07) is 10.7. The van der Waals surface area contributed by atoms with Crippen LogP contribution in [0.3, 0.4) is 0 Å². The Balaban J connectivity index is 1.96. The highest BCUT2D eigenvalue weighted by atomic mass is 32.1. The molecule has 0 fully saturated rings. The number of hydrogen-bond donors (Lipinski definition) is 2. The normalized spacial score (nSPS) is 12.5. The number of nitrogens with zero attached hydrogens (tertiary/aromatic N) is 1. The molecule has 1 aromatic carbocycles. The Kier molecular flexibility index (Phi) is 5.33. The van der Waals surface area contributed by atoms with E-state index in [0.717, 1.165) is 19.4 Å². The Morgan fingerprint density at radius 3 is 2.78 bits per heavy atom. The highest BCUT2D eigenvalue weighted by Gasteiger charge is 2.10. The van der Waals surface area contributed by atoms with Gasteiger partial charge in [-0.1, -0.05) is 30.3 Å². The van der Waals surface area contributed by atoms with Crippen LogP contribution in [-0.2, 0) is 6.54 Å². The van der Waals surface area contributed by atoms with Gasteiger partial charge in [-0.05, 0) is 18.4 Å². The summed E-state index contributed by atoms with van der Waals surface area (Å²) in [6.07, 6.45) is 3.65. The Labute approximate surface area is 112 Å². The smallest absolute Gasteiger partial charge is 0.0794 e. The Morgan fingerprint density at radius 1 is 1.28 bits per heavy atom. The van der Waals surface area contributed by atoms with Crippen LogP contribution >= 0.6 is 11.3 Å². The van der Waals surface area contributed by atoms with Crippen molar-refractivity contribution < 1.29 is 5.11 Å². The third-order valence-electron chi connectivity index (χ3n) is 2.86. The molecule has 0 saturated carbocycles. The molecule has 0 spiro atoms. The molecule has 1 atom stereocenters. The first-order valence-corrected chi connectivity index (χ1v) is 7.04. The Hall–Kier alpha value is -1.23. The molecular formula is C14H18N2OS. The second kappa shape index (κ2) is 7.26. The number of benzene rings is 1. The predicted molar refractivity (Wildman–Crippen MR) is 74.5 cm³/mol. The molecular weight excluding hydrogens is 244 g/mol. The predicted octanol–water partition coefficient (Wildman–Crippen LogP) is 2.75. The average Bonchev–Trinajstić information content (AvgIpc) is 2.93. The maximum Gasteiger partial charge on any atom is 0.0794 e. The van der Waals surface area contributed by atoms with Crippen molar-refractivity contribution in [2.24, 2.45) is 0 Å². The number of aromatic nitrogens is 1. The summed E-state index contributed by atoms with van der Waals surface area (Å²) < 4.78 is 0. The summed E-state index contributed by atoms with van der Waals surface area (Å²) in [5, 5.41) is 12.5. The van der Waals surface area contributed by atoms with E-state index >= 15 is 0 Å². The van der Waals surface area contributed by atoms with Crippen LogP contribution in [-0.4, -0.2) is 16.7 Å². The topological polar surface area (TPSA) is 45.1 Å². The van der Waals surface area contributed by atoms with Crippen molar-refractivity contribution in [2.75, 3.05) is 6.61 Å². The van der Waals surface area contributed by atoms with Crippen LogP contribution < -0.4 is 5.32 Å². The second-order valence-electron chi connectivity index (χ2n) is 4.18. The van der Waals surface area contributed by atoms with Gasteiger partial charge in [-0.3, -0.25) is 4.98 Å². The highest BCUT2D eigenvalue weighted by molar-refractivity contribution is 7.09. The van der Waals surface area contributed by atoms with E-state index in [-0.39, 0.29) is 6.61 Å². The fourth-order valence-corrected chi connectivity index (χ4v) is 2.47. The molecule has 2 rings (SSSR count). The second-order valence-corrected chi connectivity index (χ2v) is 5.15. The Morgan fingerprint density at radius 2 is 2.11 bits per heavy atom. The minimum absolute atomic E-state index is 0.242. The van der Waals surface area contributed by atoms with E-state index in [0.29, 0.717) is 6.04 Å². The van der Waals surface area contributed by atoms with Gasteiger partial charge in [0.15, 0.2) is 0 Å².